The number of hydrogen-bond acceptors (Lipinski definition) is 4. The van der Waals surface area contributed by atoms with Crippen molar-refractivity contribution < 1.29 is 22.9 Å². The summed E-state index contributed by atoms with van der Waals surface area (Å²) in [6, 6.07) is 13.2. The lowest BCUT2D eigenvalue weighted by atomic mass is 9.82. The number of aromatic nitrogens is 2. The Morgan fingerprint density at radius 1 is 0.880 bits per heavy atom. The van der Waals surface area contributed by atoms with Crippen molar-refractivity contribution in [2.75, 3.05) is 0 Å². The molecule has 1 N–H and O–H groups in total. The fourth-order valence-electron chi connectivity index (χ4n) is 2.67. The van der Waals surface area contributed by atoms with E-state index in [1.54, 1.807) is 37.3 Å². The molecule has 0 aliphatic rings. The third kappa shape index (κ3) is 3.41. The molecular formula is C18H15F3N2O2. The number of alkyl halides is 3. The number of nitrogens with zero attached hydrogens (tertiary/aromatic N) is 2. The molecule has 1 aromatic heterocycles. The lowest BCUT2D eigenvalue weighted by molar-refractivity contribution is -0.137. The van der Waals surface area contributed by atoms with E-state index in [2.05, 4.69) is 14.9 Å². The maximum atomic E-state index is 12.8. The third-order valence-corrected chi connectivity index (χ3v) is 4.11. The Morgan fingerprint density at radius 2 is 1.44 bits per heavy atom. The van der Waals surface area contributed by atoms with Crippen LogP contribution in [0.5, 0.6) is 0 Å². The first-order valence-corrected chi connectivity index (χ1v) is 7.54. The quantitative estimate of drug-likeness (QED) is 0.777. The lowest BCUT2D eigenvalue weighted by Gasteiger charge is -2.29. The molecule has 0 spiro atoms. The molecule has 0 fully saturated rings. The standard InChI is InChI=1S/C18H15F3N2O2/c1-12-16(23-25-22-12)11-17(24,13-5-3-2-4-6-13)14-7-9-15(10-8-14)18(19,20)21/h2-10,24H,11H2,1H3. The highest BCUT2D eigenvalue weighted by atomic mass is 19.4. The topological polar surface area (TPSA) is 59.2 Å². The minimum atomic E-state index is -4.43. The van der Waals surface area contributed by atoms with Crippen LogP contribution in [-0.2, 0) is 18.2 Å². The van der Waals surface area contributed by atoms with Crippen LogP contribution < -0.4 is 0 Å². The minimum Gasteiger partial charge on any atom is -0.380 e. The Hall–Kier alpha value is -2.67. The van der Waals surface area contributed by atoms with Crippen LogP contribution in [0.1, 0.15) is 28.1 Å². The first kappa shape index (κ1) is 17.2. The van der Waals surface area contributed by atoms with Gasteiger partial charge < -0.3 is 5.11 Å². The van der Waals surface area contributed by atoms with Gasteiger partial charge in [-0.15, -0.1) is 0 Å². The molecule has 1 heterocycles. The summed E-state index contributed by atoms with van der Waals surface area (Å²) in [6.07, 6.45) is -4.41. The number of halogens is 3. The Bertz CT molecular complexity index is 845. The van der Waals surface area contributed by atoms with Crippen LogP contribution in [-0.4, -0.2) is 15.4 Å². The van der Waals surface area contributed by atoms with Gasteiger partial charge in [-0.25, -0.2) is 4.63 Å². The van der Waals surface area contributed by atoms with Gasteiger partial charge in [0.15, 0.2) is 0 Å². The second-order valence-electron chi connectivity index (χ2n) is 5.77. The highest BCUT2D eigenvalue weighted by molar-refractivity contribution is 5.39. The van der Waals surface area contributed by atoms with Crippen molar-refractivity contribution in [1.82, 2.24) is 10.3 Å². The largest absolute Gasteiger partial charge is 0.416 e. The maximum Gasteiger partial charge on any atom is 0.416 e. The van der Waals surface area contributed by atoms with E-state index in [1.807, 2.05) is 0 Å². The maximum absolute atomic E-state index is 12.8. The second kappa shape index (κ2) is 6.33. The van der Waals surface area contributed by atoms with Gasteiger partial charge in [-0.2, -0.15) is 13.2 Å². The van der Waals surface area contributed by atoms with Gasteiger partial charge in [-0.1, -0.05) is 52.8 Å². The van der Waals surface area contributed by atoms with E-state index >= 15 is 0 Å². The number of benzene rings is 2. The Labute approximate surface area is 141 Å². The molecule has 25 heavy (non-hydrogen) atoms. The first-order valence-electron chi connectivity index (χ1n) is 7.54. The molecule has 1 unspecified atom stereocenters. The summed E-state index contributed by atoms with van der Waals surface area (Å²) in [7, 11) is 0. The molecule has 7 heteroatoms. The van der Waals surface area contributed by atoms with Crippen LogP contribution in [0.4, 0.5) is 13.2 Å². The predicted molar refractivity (Wildman–Crippen MR) is 83.6 cm³/mol. The molecule has 0 aliphatic heterocycles. The molecule has 130 valence electrons. The van der Waals surface area contributed by atoms with Crippen molar-refractivity contribution in [2.24, 2.45) is 0 Å². The minimum absolute atomic E-state index is 0.0255. The molecule has 0 saturated carbocycles. The number of aryl methyl sites for hydroxylation is 1. The van der Waals surface area contributed by atoms with E-state index in [4.69, 9.17) is 0 Å². The lowest BCUT2D eigenvalue weighted by Crippen LogP contribution is -2.30. The van der Waals surface area contributed by atoms with Crippen molar-refractivity contribution in [3.8, 4) is 0 Å². The molecule has 2 aromatic carbocycles. The van der Waals surface area contributed by atoms with Crippen molar-refractivity contribution in [2.45, 2.75) is 25.1 Å². The summed E-state index contributed by atoms with van der Waals surface area (Å²) in [5.74, 6) is 0. The predicted octanol–water partition coefficient (Wildman–Crippen LogP) is 3.88. The van der Waals surface area contributed by atoms with Gasteiger partial charge in [-0.3, -0.25) is 0 Å². The fraction of sp³-hybridized carbons (Fsp3) is 0.222. The van der Waals surface area contributed by atoms with Gasteiger partial charge in [-0.05, 0) is 30.2 Å². The summed E-state index contributed by atoms with van der Waals surface area (Å²) in [5.41, 5.74) is -0.515. The highest BCUT2D eigenvalue weighted by Gasteiger charge is 2.35. The Kier molecular flexibility index (Phi) is 4.34. The molecule has 0 bridgehead atoms. The van der Waals surface area contributed by atoms with Crippen molar-refractivity contribution in [3.05, 3.63) is 82.7 Å². The summed E-state index contributed by atoms with van der Waals surface area (Å²) < 4.78 is 43.1. The summed E-state index contributed by atoms with van der Waals surface area (Å²) in [6.45, 7) is 1.68. The number of aliphatic hydroxyl groups is 1. The van der Waals surface area contributed by atoms with E-state index in [9.17, 15) is 18.3 Å². The molecule has 4 nitrogen and oxygen atoms in total. The van der Waals surface area contributed by atoms with Crippen LogP contribution in [0.2, 0.25) is 0 Å². The van der Waals surface area contributed by atoms with E-state index in [-0.39, 0.29) is 6.42 Å². The number of hydrogen-bond donors (Lipinski definition) is 1. The zero-order valence-electron chi connectivity index (χ0n) is 13.3. The highest BCUT2D eigenvalue weighted by Crippen LogP contribution is 2.36. The Balaban J connectivity index is 2.07. The zero-order valence-corrected chi connectivity index (χ0v) is 13.3. The Morgan fingerprint density at radius 3 is 1.96 bits per heavy atom. The average Bonchev–Trinajstić information content (AvgIpc) is 2.99. The van der Waals surface area contributed by atoms with Crippen molar-refractivity contribution in [3.63, 3.8) is 0 Å². The monoisotopic (exact) mass is 348 g/mol. The smallest absolute Gasteiger partial charge is 0.380 e. The summed E-state index contributed by atoms with van der Waals surface area (Å²) in [5, 5.41) is 18.8. The van der Waals surface area contributed by atoms with Gasteiger partial charge in [0, 0.05) is 6.42 Å². The molecule has 3 aromatic rings. The van der Waals surface area contributed by atoms with Crippen molar-refractivity contribution in [1.29, 1.82) is 0 Å². The van der Waals surface area contributed by atoms with E-state index < -0.39 is 17.3 Å². The summed E-state index contributed by atoms with van der Waals surface area (Å²) >= 11 is 0. The van der Waals surface area contributed by atoms with Gasteiger partial charge in [0.25, 0.3) is 0 Å². The van der Waals surface area contributed by atoms with Gasteiger partial charge in [0.2, 0.25) is 0 Å². The van der Waals surface area contributed by atoms with Gasteiger partial charge in [0.05, 0.1) is 5.56 Å². The molecule has 0 saturated heterocycles. The van der Waals surface area contributed by atoms with E-state index in [0.29, 0.717) is 22.5 Å². The van der Waals surface area contributed by atoms with Crippen LogP contribution in [0.15, 0.2) is 59.2 Å². The van der Waals surface area contributed by atoms with Crippen LogP contribution >= 0.6 is 0 Å². The molecule has 0 aliphatic carbocycles. The third-order valence-electron chi connectivity index (χ3n) is 4.11. The molecule has 0 amide bonds. The first-order chi connectivity index (χ1) is 11.8. The molecule has 1 atom stereocenters. The number of rotatable bonds is 4. The molecule has 0 radical (unpaired) electrons. The fourth-order valence-corrected chi connectivity index (χ4v) is 2.67. The van der Waals surface area contributed by atoms with E-state index in [1.165, 1.54) is 12.1 Å². The second-order valence-corrected chi connectivity index (χ2v) is 5.77. The normalized spacial score (nSPS) is 14.3. The zero-order chi connectivity index (χ0) is 18.1. The van der Waals surface area contributed by atoms with Crippen molar-refractivity contribution >= 4 is 0 Å². The molecule has 3 rings (SSSR count). The van der Waals surface area contributed by atoms with Crippen LogP contribution in [0.25, 0.3) is 0 Å². The van der Waals surface area contributed by atoms with Crippen LogP contribution in [0, 0.1) is 6.92 Å². The molecular weight excluding hydrogens is 333 g/mol. The summed E-state index contributed by atoms with van der Waals surface area (Å²) in [4.78, 5) is 0. The van der Waals surface area contributed by atoms with Crippen LogP contribution in [0.3, 0.4) is 0 Å². The van der Waals surface area contributed by atoms with Gasteiger partial charge >= 0.3 is 6.18 Å². The van der Waals surface area contributed by atoms with E-state index in [0.717, 1.165) is 12.1 Å². The SMILES string of the molecule is Cc1nonc1CC(O)(c1ccccc1)c1ccc(C(F)(F)F)cc1. The average molecular weight is 348 g/mol. The van der Waals surface area contributed by atoms with Gasteiger partial charge in [0.1, 0.15) is 17.0 Å².